The van der Waals surface area contributed by atoms with Gasteiger partial charge in [-0.25, -0.2) is 0 Å². The van der Waals surface area contributed by atoms with Crippen LogP contribution in [0.5, 0.6) is 0 Å². The van der Waals surface area contributed by atoms with E-state index >= 15 is 0 Å². The van der Waals surface area contributed by atoms with E-state index < -0.39 is 15.3 Å². The van der Waals surface area contributed by atoms with Crippen LogP contribution in [0.3, 0.4) is 0 Å². The van der Waals surface area contributed by atoms with Crippen LogP contribution in [-0.2, 0) is 14.3 Å². The summed E-state index contributed by atoms with van der Waals surface area (Å²) >= 11 is 0. The molecule has 0 amide bonds. The highest BCUT2D eigenvalue weighted by molar-refractivity contribution is 7.87. The normalized spacial score (nSPS) is 17.9. The average Bonchev–Trinajstić information content (AvgIpc) is 2.12. The second kappa shape index (κ2) is 6.38. The van der Waals surface area contributed by atoms with Crippen LogP contribution in [0.1, 0.15) is 47.3 Å². The summed E-state index contributed by atoms with van der Waals surface area (Å²) in [6, 6.07) is 0. The van der Waals surface area contributed by atoms with Crippen molar-refractivity contribution in [1.82, 2.24) is 0 Å². The zero-order chi connectivity index (χ0) is 11.2. The molecule has 0 unspecified atom stereocenters. The summed E-state index contributed by atoms with van der Waals surface area (Å²) in [4.78, 5) is 0. The van der Waals surface area contributed by atoms with Gasteiger partial charge < -0.3 is 0 Å². The smallest absolute Gasteiger partial charge is 0.269 e. The quantitative estimate of drug-likeness (QED) is 0.477. The monoisotopic (exact) mass is 209 g/mol. The molecule has 0 fully saturated rings. The lowest BCUT2D eigenvalue weighted by molar-refractivity contribution is 0.385. The van der Waals surface area contributed by atoms with Crippen LogP contribution in [0.15, 0.2) is 0 Å². The van der Waals surface area contributed by atoms with Gasteiger partial charge in [0, 0.05) is 1.37 Å². The highest BCUT2D eigenvalue weighted by Crippen LogP contribution is 2.12. The van der Waals surface area contributed by atoms with E-state index in [1.165, 1.54) is 6.92 Å². The molecule has 3 nitrogen and oxygen atoms in total. The molecule has 0 aromatic heterocycles. The van der Waals surface area contributed by atoms with Gasteiger partial charge in [0.15, 0.2) is 0 Å². The first-order valence-corrected chi connectivity index (χ1v) is 6.08. The Kier molecular flexibility index (Phi) is 5.39. The zero-order valence-electron chi connectivity index (χ0n) is 9.67. The molecule has 0 aliphatic carbocycles. The van der Waals surface area contributed by atoms with Gasteiger partial charge in [-0.05, 0) is 13.3 Å². The van der Waals surface area contributed by atoms with Crippen molar-refractivity contribution in [3.63, 3.8) is 0 Å². The third-order valence-corrected chi connectivity index (χ3v) is 3.53. The van der Waals surface area contributed by atoms with Crippen molar-refractivity contribution < 1.29 is 14.0 Å². The van der Waals surface area contributed by atoms with Gasteiger partial charge in [0.1, 0.15) is 0 Å². The molecule has 0 heterocycles. The van der Waals surface area contributed by atoms with Gasteiger partial charge >= 0.3 is 0 Å². The molecular formula is C9H20O3S. The molecule has 0 bridgehead atoms. The molecule has 0 aromatic rings. The molecule has 80 valence electrons. The van der Waals surface area contributed by atoms with E-state index in [2.05, 4.69) is 11.1 Å². The first-order valence-electron chi connectivity index (χ1n) is 5.17. The molecule has 0 saturated heterocycles. The second-order valence-corrected chi connectivity index (χ2v) is 5.07. The van der Waals surface area contributed by atoms with E-state index in [0.29, 0.717) is 6.42 Å². The van der Waals surface area contributed by atoms with Gasteiger partial charge in [0.2, 0.25) is 0 Å². The van der Waals surface area contributed by atoms with Crippen LogP contribution >= 0.6 is 0 Å². The van der Waals surface area contributed by atoms with Crippen molar-refractivity contribution in [2.24, 2.45) is 0 Å². The van der Waals surface area contributed by atoms with Crippen molar-refractivity contribution >= 4 is 10.1 Å². The van der Waals surface area contributed by atoms with Crippen molar-refractivity contribution in [1.29, 1.82) is 0 Å². The summed E-state index contributed by atoms with van der Waals surface area (Å²) in [5.41, 5.74) is 0. The molecule has 0 aromatic carbocycles. The Labute approximate surface area is 83.0 Å². The lowest BCUT2D eigenvalue weighted by Crippen LogP contribution is -2.18. The Hall–Kier alpha value is -0.0900. The first-order chi connectivity index (χ1) is 6.37. The molecule has 0 spiro atoms. The number of rotatable bonds is 7. The minimum atomic E-state index is -3.72. The molecule has 4 heteroatoms. The molecule has 0 aliphatic heterocycles. The van der Waals surface area contributed by atoms with Crippen LogP contribution in [0.25, 0.3) is 0 Å². The summed E-state index contributed by atoms with van der Waals surface area (Å²) in [5, 5.41) is -1.50. The van der Waals surface area contributed by atoms with Crippen LogP contribution in [0.2, 0.25) is 0 Å². The Bertz CT molecular complexity index is 247. The fourth-order valence-corrected chi connectivity index (χ4v) is 1.75. The topological polar surface area (TPSA) is 43.4 Å². The van der Waals surface area contributed by atoms with Crippen molar-refractivity contribution in [3.8, 4) is 0 Å². The third kappa shape index (κ3) is 5.26. The standard InChI is InChI=1S/C9H20O3S/c1-4-5-6-7-8-9(2)13(10,11)12-3/h9H,4-8H2,1-3H3/t9-/m1/s1/i9D. The molecule has 0 aliphatic rings. The van der Waals surface area contributed by atoms with Gasteiger partial charge in [0.05, 0.1) is 12.3 Å². The van der Waals surface area contributed by atoms with Crippen molar-refractivity contribution in [2.75, 3.05) is 7.11 Å². The number of unbranched alkanes of at least 4 members (excludes halogenated alkanes) is 3. The lowest BCUT2D eigenvalue weighted by Gasteiger charge is -2.09. The SMILES string of the molecule is [2H][C@@](C)(CCCCCC)S(=O)(=O)OC. The van der Waals surface area contributed by atoms with Gasteiger partial charge in [-0.3, -0.25) is 4.18 Å². The van der Waals surface area contributed by atoms with Crippen LogP contribution < -0.4 is 0 Å². The van der Waals surface area contributed by atoms with Crippen molar-refractivity contribution in [3.05, 3.63) is 0 Å². The maximum Gasteiger partial charge on any atom is 0.269 e. The van der Waals surface area contributed by atoms with Crippen LogP contribution in [-0.4, -0.2) is 20.8 Å². The predicted octanol–water partition coefficient (Wildman–Crippen LogP) is 2.32. The maximum atomic E-state index is 11.3. The number of hydrogen-bond donors (Lipinski definition) is 0. The van der Waals surface area contributed by atoms with E-state index in [0.717, 1.165) is 32.8 Å². The Balaban J connectivity index is 4.08. The minimum absolute atomic E-state index is 0.336. The first kappa shape index (κ1) is 11.0. The largest absolute Gasteiger partial charge is 0.273 e. The van der Waals surface area contributed by atoms with Crippen molar-refractivity contribution in [2.45, 2.75) is 51.2 Å². The zero-order valence-corrected chi connectivity index (χ0v) is 9.49. The highest BCUT2D eigenvalue weighted by atomic mass is 32.2. The van der Waals surface area contributed by atoms with Gasteiger partial charge in [-0.1, -0.05) is 32.6 Å². The Morgan fingerprint density at radius 1 is 1.38 bits per heavy atom. The van der Waals surface area contributed by atoms with Crippen LogP contribution in [0, 0.1) is 0 Å². The lowest BCUT2D eigenvalue weighted by atomic mass is 10.1. The molecule has 1 atom stereocenters. The Morgan fingerprint density at radius 2 is 2.00 bits per heavy atom. The summed E-state index contributed by atoms with van der Waals surface area (Å²) < 4.78 is 34.5. The van der Waals surface area contributed by atoms with E-state index in [4.69, 9.17) is 1.37 Å². The maximum absolute atomic E-state index is 11.3. The highest BCUT2D eigenvalue weighted by Gasteiger charge is 2.18. The van der Waals surface area contributed by atoms with Gasteiger partial charge in [-0.2, -0.15) is 8.42 Å². The number of hydrogen-bond acceptors (Lipinski definition) is 3. The van der Waals surface area contributed by atoms with Gasteiger partial charge in [0.25, 0.3) is 10.1 Å². The summed E-state index contributed by atoms with van der Waals surface area (Å²) in [6.07, 6.45) is 4.26. The minimum Gasteiger partial charge on any atom is -0.273 e. The van der Waals surface area contributed by atoms with Gasteiger partial charge in [-0.15, -0.1) is 0 Å². The summed E-state index contributed by atoms with van der Waals surface area (Å²) in [5.74, 6) is 0. The third-order valence-electron chi connectivity index (χ3n) is 2.03. The second-order valence-electron chi connectivity index (χ2n) is 3.13. The molecular weight excluding hydrogens is 188 g/mol. The molecule has 13 heavy (non-hydrogen) atoms. The van der Waals surface area contributed by atoms with E-state index in [1.807, 2.05) is 0 Å². The predicted molar refractivity (Wildman–Crippen MR) is 54.1 cm³/mol. The average molecular weight is 209 g/mol. The fourth-order valence-electron chi connectivity index (χ4n) is 1.07. The summed E-state index contributed by atoms with van der Waals surface area (Å²) in [6.45, 7) is 3.48. The molecule has 0 N–H and O–H groups in total. The Morgan fingerprint density at radius 3 is 2.46 bits per heavy atom. The van der Waals surface area contributed by atoms with Crippen LogP contribution in [0.4, 0.5) is 0 Å². The van der Waals surface area contributed by atoms with E-state index in [1.54, 1.807) is 0 Å². The fraction of sp³-hybridized carbons (Fsp3) is 1.00. The summed E-state index contributed by atoms with van der Waals surface area (Å²) in [7, 11) is -2.61. The molecule has 0 rings (SSSR count). The van der Waals surface area contributed by atoms with E-state index in [9.17, 15) is 8.42 Å². The molecule has 0 radical (unpaired) electrons. The molecule has 0 saturated carbocycles. The van der Waals surface area contributed by atoms with E-state index in [-0.39, 0.29) is 0 Å².